The van der Waals surface area contributed by atoms with Crippen LogP contribution in [0.15, 0.2) is 47.6 Å². The first kappa shape index (κ1) is 20.9. The van der Waals surface area contributed by atoms with Gasteiger partial charge in [0.2, 0.25) is 11.1 Å². The standard InChI is InChI=1S/C21H25N5O2S/c1-14-6-5-7-19(15(14)2)26-21(23-24-25-26)29-16(3)20(27)22-13-12-17-8-10-18(28-4)11-9-17/h5-11,16H,12-13H2,1-4H3,(H,22,27). The molecule has 1 unspecified atom stereocenters. The zero-order valence-corrected chi connectivity index (χ0v) is 17.9. The van der Waals surface area contributed by atoms with Crippen molar-refractivity contribution in [3.05, 3.63) is 59.2 Å². The van der Waals surface area contributed by atoms with Gasteiger partial charge in [-0.2, -0.15) is 4.68 Å². The average Bonchev–Trinajstić information content (AvgIpc) is 3.18. The zero-order valence-electron chi connectivity index (χ0n) is 17.0. The van der Waals surface area contributed by atoms with Crippen LogP contribution >= 0.6 is 11.8 Å². The predicted octanol–water partition coefficient (Wildman–Crippen LogP) is 3.13. The molecular formula is C21H25N5O2S. The van der Waals surface area contributed by atoms with Crippen molar-refractivity contribution in [2.24, 2.45) is 0 Å². The second kappa shape index (κ2) is 9.56. The molecule has 1 atom stereocenters. The van der Waals surface area contributed by atoms with Crippen LogP contribution in [-0.2, 0) is 11.2 Å². The summed E-state index contributed by atoms with van der Waals surface area (Å²) in [5.74, 6) is 0.781. The fraction of sp³-hybridized carbons (Fsp3) is 0.333. The number of nitrogens with zero attached hydrogens (tertiary/aromatic N) is 4. The number of hydrogen-bond donors (Lipinski definition) is 1. The summed E-state index contributed by atoms with van der Waals surface area (Å²) in [5, 5.41) is 15.3. The van der Waals surface area contributed by atoms with Gasteiger partial charge in [0.1, 0.15) is 5.75 Å². The molecule has 7 nitrogen and oxygen atoms in total. The topological polar surface area (TPSA) is 81.9 Å². The van der Waals surface area contributed by atoms with Gasteiger partial charge in [-0.25, -0.2) is 0 Å². The van der Waals surface area contributed by atoms with E-state index in [1.54, 1.807) is 11.8 Å². The van der Waals surface area contributed by atoms with Crippen LogP contribution in [-0.4, -0.2) is 45.0 Å². The number of aryl methyl sites for hydroxylation is 1. The molecule has 0 aliphatic heterocycles. The number of aromatic nitrogens is 4. The van der Waals surface area contributed by atoms with E-state index in [1.807, 2.05) is 50.2 Å². The molecule has 3 aromatic rings. The molecule has 8 heteroatoms. The first-order valence-electron chi connectivity index (χ1n) is 9.42. The SMILES string of the molecule is COc1ccc(CCNC(=O)C(C)Sc2nnnn2-c2cccc(C)c2C)cc1. The number of methoxy groups -OCH3 is 1. The summed E-state index contributed by atoms with van der Waals surface area (Å²) >= 11 is 1.34. The van der Waals surface area contributed by atoms with Crippen molar-refractivity contribution in [2.45, 2.75) is 37.6 Å². The van der Waals surface area contributed by atoms with E-state index in [1.165, 1.54) is 17.3 Å². The lowest BCUT2D eigenvalue weighted by atomic mass is 10.1. The Morgan fingerprint density at radius 3 is 2.69 bits per heavy atom. The third-order valence-corrected chi connectivity index (χ3v) is 5.80. The van der Waals surface area contributed by atoms with E-state index in [9.17, 15) is 4.79 Å². The van der Waals surface area contributed by atoms with E-state index >= 15 is 0 Å². The molecule has 0 radical (unpaired) electrons. The van der Waals surface area contributed by atoms with Gasteiger partial charge in [-0.05, 0) is 72.5 Å². The molecule has 0 fully saturated rings. The van der Waals surface area contributed by atoms with Gasteiger partial charge in [-0.1, -0.05) is 36.0 Å². The highest BCUT2D eigenvalue weighted by molar-refractivity contribution is 8.00. The van der Waals surface area contributed by atoms with E-state index in [0.29, 0.717) is 11.7 Å². The molecule has 0 aliphatic rings. The summed E-state index contributed by atoms with van der Waals surface area (Å²) in [6.45, 7) is 6.51. The Balaban J connectivity index is 1.57. The summed E-state index contributed by atoms with van der Waals surface area (Å²) in [5.41, 5.74) is 4.34. The summed E-state index contributed by atoms with van der Waals surface area (Å²) < 4.78 is 6.85. The van der Waals surface area contributed by atoms with Crippen LogP contribution in [0, 0.1) is 13.8 Å². The molecular weight excluding hydrogens is 386 g/mol. The molecule has 0 saturated carbocycles. The largest absolute Gasteiger partial charge is 0.497 e. The van der Waals surface area contributed by atoms with Gasteiger partial charge >= 0.3 is 0 Å². The third kappa shape index (κ3) is 5.14. The fourth-order valence-corrected chi connectivity index (χ4v) is 3.67. The van der Waals surface area contributed by atoms with Crippen molar-refractivity contribution < 1.29 is 9.53 Å². The number of amides is 1. The molecule has 0 saturated heterocycles. The smallest absolute Gasteiger partial charge is 0.233 e. The first-order valence-corrected chi connectivity index (χ1v) is 10.3. The van der Waals surface area contributed by atoms with Gasteiger partial charge in [-0.15, -0.1) is 5.10 Å². The molecule has 1 N–H and O–H groups in total. The number of carbonyl (C=O) groups excluding carboxylic acids is 1. The normalized spacial score (nSPS) is 11.9. The van der Waals surface area contributed by atoms with Gasteiger partial charge in [0.25, 0.3) is 0 Å². The Hall–Kier alpha value is -2.87. The highest BCUT2D eigenvalue weighted by atomic mass is 32.2. The minimum absolute atomic E-state index is 0.0426. The second-order valence-electron chi connectivity index (χ2n) is 6.74. The third-order valence-electron chi connectivity index (χ3n) is 4.77. The van der Waals surface area contributed by atoms with Gasteiger partial charge in [0.15, 0.2) is 0 Å². The molecule has 29 heavy (non-hydrogen) atoms. The molecule has 1 amide bonds. The number of benzene rings is 2. The predicted molar refractivity (Wildman–Crippen MR) is 114 cm³/mol. The summed E-state index contributed by atoms with van der Waals surface area (Å²) in [4.78, 5) is 12.5. The molecule has 1 heterocycles. The van der Waals surface area contributed by atoms with Crippen LogP contribution in [0.25, 0.3) is 5.69 Å². The molecule has 0 spiro atoms. The van der Waals surface area contributed by atoms with E-state index in [0.717, 1.165) is 29.0 Å². The lowest BCUT2D eigenvalue weighted by Gasteiger charge is -2.13. The molecule has 0 bridgehead atoms. The molecule has 1 aromatic heterocycles. The Bertz CT molecular complexity index is 971. The fourth-order valence-electron chi connectivity index (χ4n) is 2.85. The van der Waals surface area contributed by atoms with Crippen LogP contribution in [0.3, 0.4) is 0 Å². The Labute approximate surface area is 174 Å². The highest BCUT2D eigenvalue weighted by Crippen LogP contribution is 2.25. The number of hydrogen-bond acceptors (Lipinski definition) is 6. The second-order valence-corrected chi connectivity index (χ2v) is 8.05. The maximum absolute atomic E-state index is 12.5. The first-order chi connectivity index (χ1) is 14.0. The molecule has 2 aromatic carbocycles. The van der Waals surface area contributed by atoms with Crippen molar-refractivity contribution in [3.63, 3.8) is 0 Å². The van der Waals surface area contributed by atoms with Crippen molar-refractivity contribution in [2.75, 3.05) is 13.7 Å². The monoisotopic (exact) mass is 411 g/mol. The minimum Gasteiger partial charge on any atom is -0.497 e. The molecule has 152 valence electrons. The highest BCUT2D eigenvalue weighted by Gasteiger charge is 2.19. The van der Waals surface area contributed by atoms with Gasteiger partial charge in [0.05, 0.1) is 18.0 Å². The zero-order chi connectivity index (χ0) is 20.8. The number of tetrazole rings is 1. The molecule has 3 rings (SSSR count). The molecule has 0 aliphatic carbocycles. The lowest BCUT2D eigenvalue weighted by Crippen LogP contribution is -2.32. The van der Waals surface area contributed by atoms with Crippen LogP contribution in [0.5, 0.6) is 5.75 Å². The van der Waals surface area contributed by atoms with Gasteiger partial charge in [0, 0.05) is 6.54 Å². The van der Waals surface area contributed by atoms with E-state index < -0.39 is 0 Å². The Kier molecular flexibility index (Phi) is 6.87. The average molecular weight is 412 g/mol. The van der Waals surface area contributed by atoms with Gasteiger partial charge < -0.3 is 10.1 Å². The number of ether oxygens (including phenoxy) is 1. The van der Waals surface area contributed by atoms with Crippen LogP contribution in [0.2, 0.25) is 0 Å². The maximum Gasteiger partial charge on any atom is 0.233 e. The van der Waals surface area contributed by atoms with Gasteiger partial charge in [-0.3, -0.25) is 4.79 Å². The van der Waals surface area contributed by atoms with Crippen LogP contribution in [0.1, 0.15) is 23.6 Å². The van der Waals surface area contributed by atoms with E-state index in [-0.39, 0.29) is 11.2 Å². The van der Waals surface area contributed by atoms with Crippen LogP contribution in [0.4, 0.5) is 0 Å². The quantitative estimate of drug-likeness (QED) is 0.574. The summed E-state index contributed by atoms with van der Waals surface area (Å²) in [7, 11) is 1.64. The maximum atomic E-state index is 12.5. The van der Waals surface area contributed by atoms with Crippen molar-refractivity contribution in [3.8, 4) is 11.4 Å². The van der Waals surface area contributed by atoms with Crippen molar-refractivity contribution in [1.29, 1.82) is 0 Å². The minimum atomic E-state index is -0.319. The summed E-state index contributed by atoms with van der Waals surface area (Å²) in [6, 6.07) is 13.8. The number of thioether (sulfide) groups is 1. The number of carbonyl (C=O) groups is 1. The lowest BCUT2D eigenvalue weighted by molar-refractivity contribution is -0.120. The van der Waals surface area contributed by atoms with E-state index in [2.05, 4.69) is 33.8 Å². The summed E-state index contributed by atoms with van der Waals surface area (Å²) in [6.07, 6.45) is 0.757. The van der Waals surface area contributed by atoms with Crippen molar-refractivity contribution >= 4 is 17.7 Å². The number of nitrogens with one attached hydrogen (secondary N) is 1. The van der Waals surface area contributed by atoms with E-state index in [4.69, 9.17) is 4.74 Å². The van der Waals surface area contributed by atoms with Crippen molar-refractivity contribution in [1.82, 2.24) is 25.5 Å². The number of rotatable bonds is 8. The Morgan fingerprint density at radius 2 is 1.97 bits per heavy atom. The van der Waals surface area contributed by atoms with Crippen LogP contribution < -0.4 is 10.1 Å². The Morgan fingerprint density at radius 1 is 1.21 bits per heavy atom.